The van der Waals surface area contributed by atoms with Crippen LogP contribution in [0.2, 0.25) is 0 Å². The van der Waals surface area contributed by atoms with Gasteiger partial charge in [-0.2, -0.15) is 0 Å². The van der Waals surface area contributed by atoms with Gasteiger partial charge in [0.25, 0.3) is 0 Å². The number of rotatable bonds is 5. The second-order valence-corrected chi connectivity index (χ2v) is 4.62. The highest BCUT2D eigenvalue weighted by molar-refractivity contribution is 5.74. The molecule has 1 aliphatic carbocycles. The zero-order valence-electron chi connectivity index (χ0n) is 8.95. The van der Waals surface area contributed by atoms with E-state index in [2.05, 4.69) is 5.32 Å². The third kappa shape index (κ3) is 3.18. The molecule has 2 fully saturated rings. The molecule has 1 heterocycles. The van der Waals surface area contributed by atoms with Gasteiger partial charge >= 0.3 is 5.97 Å². The minimum atomic E-state index is -0.690. The highest BCUT2D eigenvalue weighted by Crippen LogP contribution is 2.32. The van der Waals surface area contributed by atoms with Gasteiger partial charge in [0.1, 0.15) is 6.04 Å². The van der Waals surface area contributed by atoms with Crippen LogP contribution in [0.4, 0.5) is 0 Å². The lowest BCUT2D eigenvalue weighted by Gasteiger charge is -2.24. The molecule has 4 heteroatoms. The molecule has 2 rings (SSSR count). The lowest BCUT2D eigenvalue weighted by Crippen LogP contribution is -2.42. The van der Waals surface area contributed by atoms with E-state index in [-0.39, 0.29) is 6.04 Å². The highest BCUT2D eigenvalue weighted by Gasteiger charge is 2.36. The zero-order chi connectivity index (χ0) is 10.7. The van der Waals surface area contributed by atoms with Gasteiger partial charge in [0, 0.05) is 13.2 Å². The van der Waals surface area contributed by atoms with Crippen molar-refractivity contribution in [2.45, 2.75) is 31.7 Å². The number of aliphatic carboxylic acids is 1. The van der Waals surface area contributed by atoms with Gasteiger partial charge < -0.3 is 15.2 Å². The topological polar surface area (TPSA) is 58.6 Å². The van der Waals surface area contributed by atoms with Gasteiger partial charge in [-0.05, 0) is 44.1 Å². The average Bonchev–Trinajstić information content (AvgIpc) is 3.03. The normalized spacial score (nSPS) is 25.1. The average molecular weight is 213 g/mol. The van der Waals surface area contributed by atoms with Crippen LogP contribution in [0.1, 0.15) is 25.7 Å². The summed E-state index contributed by atoms with van der Waals surface area (Å²) in [5.74, 6) is 0.284. The van der Waals surface area contributed by atoms with E-state index in [4.69, 9.17) is 9.84 Å². The third-order valence-corrected chi connectivity index (χ3v) is 3.33. The molecule has 1 saturated heterocycles. The Bertz CT molecular complexity index is 222. The van der Waals surface area contributed by atoms with Crippen molar-refractivity contribution >= 4 is 5.97 Å². The maximum absolute atomic E-state index is 11.0. The molecule has 86 valence electrons. The SMILES string of the molecule is O=C(O)C(NCC1CCOCC1)C1CC1. The summed E-state index contributed by atoms with van der Waals surface area (Å²) >= 11 is 0. The van der Waals surface area contributed by atoms with Crippen molar-refractivity contribution in [1.29, 1.82) is 0 Å². The van der Waals surface area contributed by atoms with Crippen molar-refractivity contribution in [2.75, 3.05) is 19.8 Å². The Hall–Kier alpha value is -0.610. The van der Waals surface area contributed by atoms with Gasteiger partial charge in [-0.1, -0.05) is 0 Å². The fourth-order valence-corrected chi connectivity index (χ4v) is 2.13. The number of carbonyl (C=O) groups is 1. The Kier molecular flexibility index (Phi) is 3.59. The van der Waals surface area contributed by atoms with Gasteiger partial charge in [0.2, 0.25) is 0 Å². The van der Waals surface area contributed by atoms with Crippen LogP contribution in [0.5, 0.6) is 0 Å². The molecule has 0 radical (unpaired) electrons. The highest BCUT2D eigenvalue weighted by atomic mass is 16.5. The summed E-state index contributed by atoms with van der Waals surface area (Å²) in [4.78, 5) is 11.0. The van der Waals surface area contributed by atoms with Crippen LogP contribution in [-0.4, -0.2) is 36.9 Å². The number of hydrogen-bond donors (Lipinski definition) is 2. The molecule has 2 N–H and O–H groups in total. The summed E-state index contributed by atoms with van der Waals surface area (Å²) in [5.41, 5.74) is 0. The van der Waals surface area contributed by atoms with Crippen molar-refractivity contribution in [1.82, 2.24) is 5.32 Å². The Morgan fingerprint density at radius 1 is 1.33 bits per heavy atom. The third-order valence-electron chi connectivity index (χ3n) is 3.33. The molecule has 15 heavy (non-hydrogen) atoms. The van der Waals surface area contributed by atoms with E-state index in [9.17, 15) is 4.79 Å². The Balaban J connectivity index is 1.72. The van der Waals surface area contributed by atoms with E-state index in [0.29, 0.717) is 11.8 Å². The molecule has 0 aromatic carbocycles. The molecule has 0 bridgehead atoms. The molecule has 2 aliphatic rings. The van der Waals surface area contributed by atoms with Crippen LogP contribution >= 0.6 is 0 Å². The Labute approximate surface area is 90.0 Å². The zero-order valence-corrected chi connectivity index (χ0v) is 8.95. The number of carboxylic acids is 1. The van der Waals surface area contributed by atoms with Gasteiger partial charge in [-0.3, -0.25) is 4.79 Å². The fourth-order valence-electron chi connectivity index (χ4n) is 2.13. The first-order valence-electron chi connectivity index (χ1n) is 5.81. The molecule has 4 nitrogen and oxygen atoms in total. The quantitative estimate of drug-likeness (QED) is 0.711. The Morgan fingerprint density at radius 2 is 2.00 bits per heavy atom. The monoisotopic (exact) mass is 213 g/mol. The first-order valence-corrected chi connectivity index (χ1v) is 5.81. The van der Waals surface area contributed by atoms with Crippen LogP contribution in [0.25, 0.3) is 0 Å². The van der Waals surface area contributed by atoms with E-state index < -0.39 is 5.97 Å². The molecular formula is C11H19NO3. The molecule has 1 aliphatic heterocycles. The lowest BCUT2D eigenvalue weighted by atomic mass is 9.99. The molecular weight excluding hydrogens is 194 g/mol. The molecule has 1 saturated carbocycles. The molecule has 0 aromatic rings. The maximum Gasteiger partial charge on any atom is 0.320 e. The standard InChI is InChI=1S/C11H19NO3/c13-11(14)10(9-1-2-9)12-7-8-3-5-15-6-4-8/h8-10,12H,1-7H2,(H,13,14). The van der Waals surface area contributed by atoms with Gasteiger partial charge in [0.15, 0.2) is 0 Å². The number of nitrogens with one attached hydrogen (secondary N) is 1. The van der Waals surface area contributed by atoms with Gasteiger partial charge in [0.05, 0.1) is 0 Å². The number of carboxylic acid groups (broad SMARTS) is 1. The largest absolute Gasteiger partial charge is 0.480 e. The maximum atomic E-state index is 11.0. The minimum Gasteiger partial charge on any atom is -0.480 e. The van der Waals surface area contributed by atoms with Crippen molar-refractivity contribution in [3.8, 4) is 0 Å². The van der Waals surface area contributed by atoms with Gasteiger partial charge in [-0.25, -0.2) is 0 Å². The van der Waals surface area contributed by atoms with Crippen LogP contribution in [0.3, 0.4) is 0 Å². The summed E-state index contributed by atoms with van der Waals surface area (Å²) in [6.07, 6.45) is 4.25. The van der Waals surface area contributed by atoms with Crippen molar-refractivity contribution < 1.29 is 14.6 Å². The predicted molar refractivity (Wildman–Crippen MR) is 55.7 cm³/mol. The second kappa shape index (κ2) is 4.94. The predicted octanol–water partition coefficient (Wildman–Crippen LogP) is 0.866. The van der Waals surface area contributed by atoms with Crippen molar-refractivity contribution in [2.24, 2.45) is 11.8 Å². The van der Waals surface area contributed by atoms with Crippen LogP contribution in [-0.2, 0) is 9.53 Å². The molecule has 0 spiro atoms. The molecule has 1 unspecified atom stereocenters. The molecule has 1 atom stereocenters. The number of ether oxygens (including phenoxy) is 1. The summed E-state index contributed by atoms with van der Waals surface area (Å²) < 4.78 is 5.27. The number of hydrogen-bond acceptors (Lipinski definition) is 3. The van der Waals surface area contributed by atoms with Crippen LogP contribution in [0, 0.1) is 11.8 Å². The fraction of sp³-hybridized carbons (Fsp3) is 0.909. The van der Waals surface area contributed by atoms with Crippen LogP contribution < -0.4 is 5.32 Å². The summed E-state index contributed by atoms with van der Waals surface area (Å²) in [5, 5.41) is 12.2. The Morgan fingerprint density at radius 3 is 2.53 bits per heavy atom. The van der Waals surface area contributed by atoms with E-state index >= 15 is 0 Å². The molecule has 0 aromatic heterocycles. The van der Waals surface area contributed by atoms with Crippen LogP contribution in [0.15, 0.2) is 0 Å². The smallest absolute Gasteiger partial charge is 0.320 e. The van der Waals surface area contributed by atoms with Crippen molar-refractivity contribution in [3.05, 3.63) is 0 Å². The van der Waals surface area contributed by atoms with E-state index in [0.717, 1.165) is 45.4 Å². The minimum absolute atomic E-state index is 0.312. The van der Waals surface area contributed by atoms with E-state index in [1.807, 2.05) is 0 Å². The lowest BCUT2D eigenvalue weighted by molar-refractivity contribution is -0.140. The van der Waals surface area contributed by atoms with Crippen molar-refractivity contribution in [3.63, 3.8) is 0 Å². The summed E-state index contributed by atoms with van der Waals surface area (Å²) in [6, 6.07) is -0.312. The summed E-state index contributed by atoms with van der Waals surface area (Å²) in [6.45, 7) is 2.48. The van der Waals surface area contributed by atoms with E-state index in [1.54, 1.807) is 0 Å². The first kappa shape index (κ1) is 10.9. The van der Waals surface area contributed by atoms with E-state index in [1.165, 1.54) is 0 Å². The second-order valence-electron chi connectivity index (χ2n) is 4.62. The molecule has 0 amide bonds. The summed E-state index contributed by atoms with van der Waals surface area (Å²) in [7, 11) is 0. The van der Waals surface area contributed by atoms with Gasteiger partial charge in [-0.15, -0.1) is 0 Å². The first-order chi connectivity index (χ1) is 7.27.